The number of ether oxygens (including phenoxy) is 1. The van der Waals surface area contributed by atoms with Crippen LogP contribution in [-0.2, 0) is 6.42 Å². The van der Waals surface area contributed by atoms with Gasteiger partial charge in [-0.1, -0.05) is 50.6 Å². The second-order valence-electron chi connectivity index (χ2n) is 6.73. The maximum absolute atomic E-state index is 6.23. The molecule has 0 aliphatic carbocycles. The summed E-state index contributed by atoms with van der Waals surface area (Å²) >= 11 is 6.23. The van der Waals surface area contributed by atoms with E-state index in [1.165, 1.54) is 57.9 Å². The van der Waals surface area contributed by atoms with Gasteiger partial charge in [0, 0.05) is 6.04 Å². The number of likely N-dealkylation sites (tertiary alicyclic amines) is 1. The summed E-state index contributed by atoms with van der Waals surface area (Å²) < 4.78 is 5.95. The average molecular weight is 339 g/mol. The van der Waals surface area contributed by atoms with Gasteiger partial charge in [-0.15, -0.1) is 0 Å². The fraction of sp³-hybridized carbons (Fsp3) is 0.737. The molecule has 4 heteroatoms. The van der Waals surface area contributed by atoms with Crippen LogP contribution < -0.4 is 4.74 Å². The summed E-state index contributed by atoms with van der Waals surface area (Å²) in [5.41, 5.74) is 1.12. The molecule has 0 amide bonds. The maximum Gasteiger partial charge on any atom is 0.138 e. The summed E-state index contributed by atoms with van der Waals surface area (Å²) in [7, 11) is 2.17. The standard InChI is InChI=1S/C19H31ClN2O/c1-3-4-5-6-7-8-10-16-13-18(14-21-19(16)20)23-15-17-11-9-12-22(17)2/h13-14,17H,3-12,15H2,1-2H3/t17-/m1/s1. The summed E-state index contributed by atoms with van der Waals surface area (Å²) in [6.07, 6.45) is 13.0. The van der Waals surface area contributed by atoms with Crippen LogP contribution in [0.25, 0.3) is 0 Å². The molecule has 0 aromatic carbocycles. The van der Waals surface area contributed by atoms with Crippen molar-refractivity contribution in [1.82, 2.24) is 9.88 Å². The largest absolute Gasteiger partial charge is 0.490 e. The fourth-order valence-electron chi connectivity index (χ4n) is 3.20. The first-order chi connectivity index (χ1) is 11.2. The van der Waals surface area contributed by atoms with Crippen molar-refractivity contribution in [3.05, 3.63) is 23.0 Å². The molecule has 3 nitrogen and oxygen atoms in total. The van der Waals surface area contributed by atoms with E-state index in [9.17, 15) is 0 Å². The topological polar surface area (TPSA) is 25.4 Å². The van der Waals surface area contributed by atoms with E-state index in [1.807, 2.05) is 0 Å². The van der Waals surface area contributed by atoms with Crippen LogP contribution in [0.1, 0.15) is 63.9 Å². The van der Waals surface area contributed by atoms with Crippen molar-refractivity contribution in [2.24, 2.45) is 0 Å². The highest BCUT2D eigenvalue weighted by Crippen LogP contribution is 2.23. The van der Waals surface area contributed by atoms with Crippen LogP contribution in [0.4, 0.5) is 0 Å². The number of hydrogen-bond acceptors (Lipinski definition) is 3. The number of aryl methyl sites for hydroxylation is 1. The van der Waals surface area contributed by atoms with E-state index in [0.29, 0.717) is 11.2 Å². The van der Waals surface area contributed by atoms with Gasteiger partial charge < -0.3 is 9.64 Å². The van der Waals surface area contributed by atoms with Gasteiger partial charge in [-0.05, 0) is 50.9 Å². The van der Waals surface area contributed by atoms with Gasteiger partial charge in [-0.2, -0.15) is 0 Å². The second-order valence-corrected chi connectivity index (χ2v) is 7.08. The van der Waals surface area contributed by atoms with Crippen LogP contribution in [0, 0.1) is 0 Å². The number of nitrogens with zero attached hydrogens (tertiary/aromatic N) is 2. The third kappa shape index (κ3) is 6.31. The molecule has 0 unspecified atom stereocenters. The number of aromatic nitrogens is 1. The zero-order valence-corrected chi connectivity index (χ0v) is 15.4. The number of halogens is 1. The molecule has 0 N–H and O–H groups in total. The average Bonchev–Trinajstić information content (AvgIpc) is 2.96. The van der Waals surface area contributed by atoms with Gasteiger partial charge in [0.2, 0.25) is 0 Å². The lowest BCUT2D eigenvalue weighted by Gasteiger charge is -2.19. The van der Waals surface area contributed by atoms with Crippen molar-refractivity contribution in [3.8, 4) is 5.75 Å². The highest BCUT2D eigenvalue weighted by molar-refractivity contribution is 6.30. The van der Waals surface area contributed by atoms with Crippen LogP contribution in [0.5, 0.6) is 5.75 Å². The molecular formula is C19H31ClN2O. The summed E-state index contributed by atoms with van der Waals surface area (Å²) in [6.45, 7) is 4.17. The Bertz CT molecular complexity index is 467. The molecule has 1 aliphatic rings. The molecular weight excluding hydrogens is 308 g/mol. The molecule has 1 aliphatic heterocycles. The summed E-state index contributed by atoms with van der Waals surface area (Å²) in [5.74, 6) is 0.857. The lowest BCUT2D eigenvalue weighted by Crippen LogP contribution is -2.30. The molecule has 0 radical (unpaired) electrons. The van der Waals surface area contributed by atoms with Gasteiger partial charge in [0.1, 0.15) is 17.5 Å². The van der Waals surface area contributed by atoms with Crippen LogP contribution in [0.3, 0.4) is 0 Å². The van der Waals surface area contributed by atoms with Crippen molar-refractivity contribution in [2.75, 3.05) is 20.2 Å². The molecule has 23 heavy (non-hydrogen) atoms. The fourth-order valence-corrected chi connectivity index (χ4v) is 3.40. The molecule has 130 valence electrons. The molecule has 0 spiro atoms. The first-order valence-corrected chi connectivity index (χ1v) is 9.56. The molecule has 1 atom stereocenters. The Balaban J connectivity index is 1.76. The number of likely N-dealkylation sites (N-methyl/N-ethyl adjacent to an activating group) is 1. The predicted octanol–water partition coefficient (Wildman–Crippen LogP) is 5.11. The van der Waals surface area contributed by atoms with E-state index in [0.717, 1.165) is 24.3 Å². The van der Waals surface area contributed by atoms with Gasteiger partial charge in [-0.3, -0.25) is 0 Å². The lowest BCUT2D eigenvalue weighted by molar-refractivity contribution is 0.197. The molecule has 0 saturated carbocycles. The minimum atomic E-state index is 0.535. The van der Waals surface area contributed by atoms with Gasteiger partial charge in [0.15, 0.2) is 0 Å². The molecule has 0 bridgehead atoms. The van der Waals surface area contributed by atoms with Crippen LogP contribution >= 0.6 is 11.6 Å². The summed E-state index contributed by atoms with van der Waals surface area (Å²) in [6, 6.07) is 2.61. The maximum atomic E-state index is 6.23. The van der Waals surface area contributed by atoms with Crippen molar-refractivity contribution < 1.29 is 4.74 Å². The predicted molar refractivity (Wildman–Crippen MR) is 97.5 cm³/mol. The Morgan fingerprint density at radius 1 is 1.26 bits per heavy atom. The van der Waals surface area contributed by atoms with Gasteiger partial charge >= 0.3 is 0 Å². The Hall–Kier alpha value is -0.800. The number of unbranched alkanes of at least 4 members (excludes halogenated alkanes) is 5. The highest BCUT2D eigenvalue weighted by atomic mass is 35.5. The van der Waals surface area contributed by atoms with E-state index < -0.39 is 0 Å². The van der Waals surface area contributed by atoms with Gasteiger partial charge in [-0.25, -0.2) is 4.98 Å². The highest BCUT2D eigenvalue weighted by Gasteiger charge is 2.21. The minimum Gasteiger partial charge on any atom is -0.490 e. The smallest absolute Gasteiger partial charge is 0.138 e. The first-order valence-electron chi connectivity index (χ1n) is 9.18. The lowest BCUT2D eigenvalue weighted by atomic mass is 10.1. The molecule has 1 fully saturated rings. The van der Waals surface area contributed by atoms with E-state index in [4.69, 9.17) is 16.3 Å². The summed E-state index contributed by atoms with van der Waals surface area (Å²) in [4.78, 5) is 6.67. The molecule has 1 aromatic heterocycles. The minimum absolute atomic E-state index is 0.535. The van der Waals surface area contributed by atoms with Crippen molar-refractivity contribution in [1.29, 1.82) is 0 Å². The van der Waals surface area contributed by atoms with Crippen LogP contribution in [-0.4, -0.2) is 36.1 Å². The Morgan fingerprint density at radius 3 is 2.78 bits per heavy atom. The zero-order valence-electron chi connectivity index (χ0n) is 14.7. The van der Waals surface area contributed by atoms with Crippen molar-refractivity contribution in [2.45, 2.75) is 70.8 Å². The van der Waals surface area contributed by atoms with E-state index >= 15 is 0 Å². The number of pyridine rings is 1. The first kappa shape index (κ1) is 18.5. The third-order valence-electron chi connectivity index (χ3n) is 4.80. The Morgan fingerprint density at radius 2 is 2.04 bits per heavy atom. The van der Waals surface area contributed by atoms with E-state index in [1.54, 1.807) is 6.20 Å². The van der Waals surface area contributed by atoms with Gasteiger partial charge in [0.25, 0.3) is 0 Å². The van der Waals surface area contributed by atoms with Crippen molar-refractivity contribution in [3.63, 3.8) is 0 Å². The van der Waals surface area contributed by atoms with Gasteiger partial charge in [0.05, 0.1) is 6.20 Å². The van der Waals surface area contributed by atoms with Crippen molar-refractivity contribution >= 4 is 11.6 Å². The monoisotopic (exact) mass is 338 g/mol. The molecule has 2 heterocycles. The Kier molecular flexibility index (Phi) is 8.18. The molecule has 1 aromatic rings. The second kappa shape index (κ2) is 10.1. The normalized spacial score (nSPS) is 18.5. The summed E-state index contributed by atoms with van der Waals surface area (Å²) in [5, 5.41) is 0.629. The quantitative estimate of drug-likeness (QED) is 0.438. The van der Waals surface area contributed by atoms with Crippen LogP contribution in [0.2, 0.25) is 5.15 Å². The molecule has 1 saturated heterocycles. The van der Waals surface area contributed by atoms with E-state index in [-0.39, 0.29) is 0 Å². The van der Waals surface area contributed by atoms with Crippen LogP contribution in [0.15, 0.2) is 12.3 Å². The van der Waals surface area contributed by atoms with E-state index in [2.05, 4.69) is 29.9 Å². The third-order valence-corrected chi connectivity index (χ3v) is 5.14. The molecule has 2 rings (SSSR count). The SMILES string of the molecule is CCCCCCCCc1cc(OC[C@H]2CCCN2C)cnc1Cl. The Labute approximate surface area is 146 Å². The zero-order chi connectivity index (χ0) is 16.5. The number of rotatable bonds is 10. The number of hydrogen-bond donors (Lipinski definition) is 0.